The molecule has 1 N–H and O–H groups in total. The van der Waals surface area contributed by atoms with Gasteiger partial charge >= 0.3 is 0 Å². The molecule has 86 valence electrons. The minimum absolute atomic E-state index is 0.476. The summed E-state index contributed by atoms with van der Waals surface area (Å²) >= 11 is 0. The maximum absolute atomic E-state index is 9.50. The summed E-state index contributed by atoms with van der Waals surface area (Å²) in [6, 6.07) is 3.70. The lowest BCUT2D eigenvalue weighted by atomic mass is 10.1. The molecule has 1 heterocycles. The highest BCUT2D eigenvalue weighted by molar-refractivity contribution is 5.42. The van der Waals surface area contributed by atoms with Gasteiger partial charge in [0.2, 0.25) is 0 Å². The van der Waals surface area contributed by atoms with Crippen molar-refractivity contribution in [1.82, 2.24) is 4.98 Å². The minimum atomic E-state index is -0.476. The highest BCUT2D eigenvalue weighted by Crippen LogP contribution is 2.17. The molecule has 1 atom stereocenters. The largest absolute Gasteiger partial charge is 0.389 e. The van der Waals surface area contributed by atoms with Crippen LogP contribution in [0.4, 0.5) is 5.82 Å². The monoisotopic (exact) mass is 218 g/mol. The van der Waals surface area contributed by atoms with Crippen LogP contribution in [0.1, 0.15) is 31.9 Å². The lowest BCUT2D eigenvalue weighted by molar-refractivity contribution is 0.199. The fourth-order valence-electron chi connectivity index (χ4n) is 1.52. The second-order valence-corrected chi connectivity index (χ2v) is 3.75. The van der Waals surface area contributed by atoms with Gasteiger partial charge in [-0.1, -0.05) is 12.8 Å². The lowest BCUT2D eigenvalue weighted by Gasteiger charge is -2.21. The molecule has 0 radical (unpaired) electrons. The van der Waals surface area contributed by atoms with E-state index < -0.39 is 6.10 Å². The molecule has 0 saturated heterocycles. The first-order valence-corrected chi connectivity index (χ1v) is 5.51. The first-order chi connectivity index (χ1) is 7.69. The maximum Gasteiger partial charge on any atom is 0.129 e. The standard InChI is InChI=1S/C13H18N2O/c1-4-8-15(9-5-2)13-10-12(11(3)16)6-7-14-13/h1,6-7,10-11,16H,5,8-9H2,2-3H3/t11-/m1/s1. The summed E-state index contributed by atoms with van der Waals surface area (Å²) in [6.07, 6.45) is 7.57. The van der Waals surface area contributed by atoms with E-state index in [0.29, 0.717) is 6.54 Å². The van der Waals surface area contributed by atoms with Crippen molar-refractivity contribution in [2.45, 2.75) is 26.4 Å². The number of terminal acetylenes is 1. The topological polar surface area (TPSA) is 36.4 Å². The van der Waals surface area contributed by atoms with E-state index in [2.05, 4.69) is 17.8 Å². The normalized spacial score (nSPS) is 11.9. The van der Waals surface area contributed by atoms with Crippen LogP contribution in [0.15, 0.2) is 18.3 Å². The molecule has 0 bridgehead atoms. The number of anilines is 1. The summed E-state index contributed by atoms with van der Waals surface area (Å²) in [7, 11) is 0. The van der Waals surface area contributed by atoms with Gasteiger partial charge in [-0.25, -0.2) is 4.98 Å². The van der Waals surface area contributed by atoms with E-state index in [1.54, 1.807) is 13.1 Å². The van der Waals surface area contributed by atoms with Crippen molar-refractivity contribution < 1.29 is 5.11 Å². The van der Waals surface area contributed by atoms with Gasteiger partial charge in [0.05, 0.1) is 12.6 Å². The van der Waals surface area contributed by atoms with Crippen molar-refractivity contribution in [3.05, 3.63) is 23.9 Å². The Morgan fingerprint density at radius 1 is 1.62 bits per heavy atom. The second-order valence-electron chi connectivity index (χ2n) is 3.75. The fraction of sp³-hybridized carbons (Fsp3) is 0.462. The van der Waals surface area contributed by atoms with Crippen molar-refractivity contribution in [3.8, 4) is 12.3 Å². The predicted octanol–water partition coefficient (Wildman–Crippen LogP) is 1.98. The Bertz CT molecular complexity index is 368. The molecule has 1 rings (SSSR count). The summed E-state index contributed by atoms with van der Waals surface area (Å²) in [5, 5.41) is 9.50. The Hall–Kier alpha value is -1.53. The average Bonchev–Trinajstić information content (AvgIpc) is 2.29. The van der Waals surface area contributed by atoms with Crippen molar-refractivity contribution in [1.29, 1.82) is 0 Å². The Morgan fingerprint density at radius 2 is 2.38 bits per heavy atom. The molecule has 0 aliphatic heterocycles. The van der Waals surface area contributed by atoms with E-state index in [9.17, 15) is 5.11 Å². The fourth-order valence-corrected chi connectivity index (χ4v) is 1.52. The molecule has 0 saturated carbocycles. The predicted molar refractivity (Wildman–Crippen MR) is 66.2 cm³/mol. The van der Waals surface area contributed by atoms with Gasteiger partial charge in [-0.15, -0.1) is 6.42 Å². The van der Waals surface area contributed by atoms with Crippen LogP contribution in [0.3, 0.4) is 0 Å². The van der Waals surface area contributed by atoms with Crippen LogP contribution in [0.5, 0.6) is 0 Å². The first kappa shape index (κ1) is 12.5. The number of nitrogens with zero attached hydrogens (tertiary/aromatic N) is 2. The number of hydrogen-bond acceptors (Lipinski definition) is 3. The van der Waals surface area contributed by atoms with Crippen LogP contribution in [0.25, 0.3) is 0 Å². The Morgan fingerprint density at radius 3 is 2.94 bits per heavy atom. The number of aromatic nitrogens is 1. The van der Waals surface area contributed by atoms with Crippen LogP contribution in [0, 0.1) is 12.3 Å². The van der Waals surface area contributed by atoms with E-state index in [4.69, 9.17) is 6.42 Å². The van der Waals surface area contributed by atoms with E-state index in [1.807, 2.05) is 17.0 Å². The molecular formula is C13H18N2O. The smallest absolute Gasteiger partial charge is 0.129 e. The van der Waals surface area contributed by atoms with Crippen LogP contribution >= 0.6 is 0 Å². The third-order valence-electron chi connectivity index (χ3n) is 2.35. The highest BCUT2D eigenvalue weighted by Gasteiger charge is 2.08. The van der Waals surface area contributed by atoms with Crippen molar-refractivity contribution in [3.63, 3.8) is 0 Å². The molecule has 3 nitrogen and oxygen atoms in total. The van der Waals surface area contributed by atoms with Gasteiger partial charge in [0.1, 0.15) is 5.82 Å². The molecule has 0 spiro atoms. The zero-order valence-corrected chi connectivity index (χ0v) is 9.85. The summed E-state index contributed by atoms with van der Waals surface area (Å²) < 4.78 is 0. The quantitative estimate of drug-likeness (QED) is 0.768. The molecule has 16 heavy (non-hydrogen) atoms. The van der Waals surface area contributed by atoms with Gasteiger partial charge in [0.15, 0.2) is 0 Å². The van der Waals surface area contributed by atoms with E-state index in [1.165, 1.54) is 0 Å². The number of aliphatic hydroxyl groups excluding tert-OH is 1. The number of rotatable bonds is 5. The molecule has 1 aromatic heterocycles. The number of pyridine rings is 1. The molecular weight excluding hydrogens is 200 g/mol. The summed E-state index contributed by atoms with van der Waals surface area (Å²) in [4.78, 5) is 6.31. The molecule has 0 unspecified atom stereocenters. The SMILES string of the molecule is C#CCN(CCC)c1cc([C@@H](C)O)ccn1. The van der Waals surface area contributed by atoms with Gasteiger partial charge in [-0.3, -0.25) is 0 Å². The molecule has 0 aliphatic rings. The Balaban J connectivity index is 2.91. The third-order valence-corrected chi connectivity index (χ3v) is 2.35. The molecule has 0 fully saturated rings. The lowest BCUT2D eigenvalue weighted by Crippen LogP contribution is -2.25. The number of hydrogen-bond donors (Lipinski definition) is 1. The molecule has 0 amide bonds. The maximum atomic E-state index is 9.50. The van der Waals surface area contributed by atoms with Crippen molar-refractivity contribution >= 4 is 5.82 Å². The van der Waals surface area contributed by atoms with Gasteiger partial charge < -0.3 is 10.0 Å². The van der Waals surface area contributed by atoms with Gasteiger partial charge in [-0.05, 0) is 31.0 Å². The third kappa shape index (κ3) is 3.25. The van der Waals surface area contributed by atoms with E-state index in [0.717, 1.165) is 24.3 Å². The Kier molecular flexibility index (Phi) is 4.81. The van der Waals surface area contributed by atoms with E-state index >= 15 is 0 Å². The molecule has 0 aromatic carbocycles. The zero-order chi connectivity index (χ0) is 12.0. The molecule has 1 aromatic rings. The summed E-state index contributed by atoms with van der Waals surface area (Å²) in [5.41, 5.74) is 0.864. The van der Waals surface area contributed by atoms with Gasteiger partial charge in [0, 0.05) is 12.7 Å². The van der Waals surface area contributed by atoms with Gasteiger partial charge in [0.25, 0.3) is 0 Å². The first-order valence-electron chi connectivity index (χ1n) is 5.51. The Labute approximate surface area is 97.1 Å². The van der Waals surface area contributed by atoms with Crippen LogP contribution < -0.4 is 4.90 Å². The van der Waals surface area contributed by atoms with Crippen molar-refractivity contribution in [2.75, 3.05) is 18.0 Å². The average molecular weight is 218 g/mol. The van der Waals surface area contributed by atoms with Crippen LogP contribution in [0.2, 0.25) is 0 Å². The van der Waals surface area contributed by atoms with Crippen LogP contribution in [-0.4, -0.2) is 23.2 Å². The second kappa shape index (κ2) is 6.14. The summed E-state index contributed by atoms with van der Waals surface area (Å²) in [5.74, 6) is 3.45. The minimum Gasteiger partial charge on any atom is -0.389 e. The molecule has 3 heteroatoms. The van der Waals surface area contributed by atoms with Crippen LogP contribution in [-0.2, 0) is 0 Å². The highest BCUT2D eigenvalue weighted by atomic mass is 16.3. The van der Waals surface area contributed by atoms with E-state index in [-0.39, 0.29) is 0 Å². The zero-order valence-electron chi connectivity index (χ0n) is 9.85. The molecule has 0 aliphatic carbocycles. The number of aliphatic hydroxyl groups is 1. The van der Waals surface area contributed by atoms with Gasteiger partial charge in [-0.2, -0.15) is 0 Å². The summed E-state index contributed by atoms with van der Waals surface area (Å²) in [6.45, 7) is 5.26. The van der Waals surface area contributed by atoms with Crippen molar-refractivity contribution in [2.24, 2.45) is 0 Å².